The van der Waals surface area contributed by atoms with Crippen LogP contribution in [-0.4, -0.2) is 69.6 Å². The van der Waals surface area contributed by atoms with Gasteiger partial charge in [-0.1, -0.05) is 43.4 Å². The number of carbonyl (C=O) groups excluding carboxylic acids is 3. The number of fused-ring (bicyclic) bond motifs is 2. The van der Waals surface area contributed by atoms with E-state index in [2.05, 4.69) is 0 Å². The minimum atomic E-state index is -0.910. The van der Waals surface area contributed by atoms with Gasteiger partial charge in [-0.15, -0.1) is 11.8 Å². The van der Waals surface area contributed by atoms with Gasteiger partial charge in [-0.25, -0.2) is 0 Å². The van der Waals surface area contributed by atoms with Crippen LogP contribution >= 0.6 is 11.8 Å². The summed E-state index contributed by atoms with van der Waals surface area (Å²) in [5.41, 5.74) is 2.84. The molecule has 1 aromatic rings. The number of rotatable bonds is 4. The van der Waals surface area contributed by atoms with E-state index in [0.717, 1.165) is 16.8 Å². The van der Waals surface area contributed by atoms with E-state index < -0.39 is 28.7 Å². The highest BCUT2D eigenvalue weighted by atomic mass is 32.2. The molecule has 8 heteroatoms. The van der Waals surface area contributed by atoms with Crippen molar-refractivity contribution in [1.82, 2.24) is 4.90 Å². The van der Waals surface area contributed by atoms with Crippen molar-refractivity contribution >= 4 is 35.2 Å². The molecule has 0 aliphatic carbocycles. The first-order chi connectivity index (χ1) is 16.8. The second kappa shape index (κ2) is 9.13. The molecule has 0 bridgehead atoms. The number of aliphatic hydroxyl groups is 1. The largest absolute Gasteiger partial charge is 0.465 e. The van der Waals surface area contributed by atoms with Crippen LogP contribution in [0.3, 0.4) is 0 Å². The summed E-state index contributed by atoms with van der Waals surface area (Å²) in [6.45, 7) is 6.28. The van der Waals surface area contributed by atoms with Crippen LogP contribution in [0.4, 0.5) is 5.69 Å². The lowest BCUT2D eigenvalue weighted by Crippen LogP contribution is -2.56. The van der Waals surface area contributed by atoms with E-state index in [-0.39, 0.29) is 36.2 Å². The van der Waals surface area contributed by atoms with Crippen molar-refractivity contribution in [3.8, 4) is 0 Å². The lowest BCUT2D eigenvalue weighted by atomic mass is 9.78. The van der Waals surface area contributed by atoms with Crippen molar-refractivity contribution < 1.29 is 24.2 Å². The predicted molar refractivity (Wildman–Crippen MR) is 135 cm³/mol. The highest BCUT2D eigenvalue weighted by Crippen LogP contribution is 2.61. The zero-order chi connectivity index (χ0) is 24.9. The molecular weight excluding hydrogens is 464 g/mol. The molecule has 4 heterocycles. The SMILES string of the molecule is CC[C@@H](CO)N1C(=O)[C@@H]2[C@H]3C(=O)OCCC=C[C@H]3S[C@@]23C=CCN(c2cc(C)ccc2C)C(=O)C13. The number of cyclic esters (lactones) is 1. The number of hydrogen-bond donors (Lipinski definition) is 1. The summed E-state index contributed by atoms with van der Waals surface area (Å²) in [6.07, 6.45) is 9.10. The van der Waals surface area contributed by atoms with E-state index in [1.807, 2.05) is 63.3 Å². The fourth-order valence-corrected chi connectivity index (χ4v) is 8.07. The minimum Gasteiger partial charge on any atom is -0.465 e. The van der Waals surface area contributed by atoms with Gasteiger partial charge < -0.3 is 19.6 Å². The second-order valence-corrected chi connectivity index (χ2v) is 11.3. The van der Waals surface area contributed by atoms with Gasteiger partial charge in [0.2, 0.25) is 5.91 Å². The maximum absolute atomic E-state index is 14.4. The Morgan fingerprint density at radius 2 is 2.00 bits per heavy atom. The summed E-state index contributed by atoms with van der Waals surface area (Å²) in [4.78, 5) is 45.0. The number of hydrogen-bond acceptors (Lipinski definition) is 6. The highest BCUT2D eigenvalue weighted by molar-refractivity contribution is 8.02. The molecule has 186 valence electrons. The third-order valence-electron chi connectivity index (χ3n) is 7.79. The van der Waals surface area contributed by atoms with Crippen molar-refractivity contribution in [2.45, 2.75) is 55.7 Å². The quantitative estimate of drug-likeness (QED) is 0.510. The third-order valence-corrected chi connectivity index (χ3v) is 9.53. The zero-order valence-electron chi connectivity index (χ0n) is 20.3. The van der Waals surface area contributed by atoms with Crippen LogP contribution in [-0.2, 0) is 19.1 Å². The van der Waals surface area contributed by atoms with E-state index in [9.17, 15) is 19.5 Å². The number of aliphatic hydroxyl groups excluding tert-OH is 1. The second-order valence-electron chi connectivity index (χ2n) is 9.86. The van der Waals surface area contributed by atoms with Crippen LogP contribution in [0.1, 0.15) is 30.9 Å². The average molecular weight is 497 g/mol. The van der Waals surface area contributed by atoms with Crippen LogP contribution in [0.25, 0.3) is 0 Å². The maximum atomic E-state index is 14.4. The van der Waals surface area contributed by atoms with E-state index in [1.165, 1.54) is 11.8 Å². The van der Waals surface area contributed by atoms with E-state index in [0.29, 0.717) is 19.4 Å². The van der Waals surface area contributed by atoms with Crippen LogP contribution in [0.15, 0.2) is 42.5 Å². The van der Waals surface area contributed by atoms with E-state index in [4.69, 9.17) is 4.74 Å². The average Bonchev–Trinajstić information content (AvgIpc) is 3.21. The Morgan fingerprint density at radius 3 is 2.74 bits per heavy atom. The monoisotopic (exact) mass is 496 g/mol. The number of esters is 1. The Bertz CT molecular complexity index is 1110. The summed E-state index contributed by atoms with van der Waals surface area (Å²) in [5.74, 6) is -2.20. The summed E-state index contributed by atoms with van der Waals surface area (Å²) >= 11 is 1.52. The van der Waals surface area contributed by atoms with Crippen LogP contribution < -0.4 is 4.90 Å². The number of thioether (sulfide) groups is 1. The first kappa shape index (κ1) is 24.1. The van der Waals surface area contributed by atoms with Gasteiger partial charge in [0, 0.05) is 17.5 Å². The summed E-state index contributed by atoms with van der Waals surface area (Å²) in [6, 6.07) is 4.68. The number of anilines is 1. The Hall–Kier alpha value is -2.58. The molecule has 4 aliphatic rings. The molecule has 1 spiro atoms. The van der Waals surface area contributed by atoms with Crippen molar-refractivity contribution in [2.24, 2.45) is 11.8 Å². The standard InChI is InChI=1S/C27H32N2O5S/c1-4-18(15-30)29-23-25(32)28(19-14-16(2)9-10-17(19)3)12-7-11-27(23)22(24(29)31)21-20(35-27)8-5-6-13-34-26(21)33/h5,7-11,14,18,20-23,30H,4,6,12-13,15H2,1-3H3/t18-,20+,21-,22-,23?,27-/m0/s1. The lowest BCUT2D eigenvalue weighted by molar-refractivity contribution is -0.153. The van der Waals surface area contributed by atoms with Crippen LogP contribution in [0.5, 0.6) is 0 Å². The first-order valence-electron chi connectivity index (χ1n) is 12.3. The third kappa shape index (κ3) is 3.64. The fourth-order valence-electron chi connectivity index (χ4n) is 6.08. The van der Waals surface area contributed by atoms with E-state index in [1.54, 1.807) is 9.80 Å². The van der Waals surface area contributed by atoms with Gasteiger partial charge in [0.05, 0.1) is 35.8 Å². The normalized spacial score (nSPS) is 33.0. The summed E-state index contributed by atoms with van der Waals surface area (Å²) < 4.78 is 4.60. The number of likely N-dealkylation sites (tertiary alicyclic amines) is 1. The van der Waals surface area contributed by atoms with Gasteiger partial charge in [0.25, 0.3) is 5.91 Å². The molecule has 6 atom stereocenters. The number of amides is 2. The van der Waals surface area contributed by atoms with Gasteiger partial charge in [0.15, 0.2) is 0 Å². The molecule has 0 radical (unpaired) electrons. The molecule has 4 aliphatic heterocycles. The van der Waals surface area contributed by atoms with Gasteiger partial charge in [-0.2, -0.15) is 0 Å². The van der Waals surface area contributed by atoms with Crippen molar-refractivity contribution in [2.75, 3.05) is 24.7 Å². The smallest absolute Gasteiger partial charge is 0.311 e. The molecule has 0 aromatic heterocycles. The Morgan fingerprint density at radius 1 is 1.20 bits per heavy atom. The highest BCUT2D eigenvalue weighted by Gasteiger charge is 2.71. The van der Waals surface area contributed by atoms with Gasteiger partial charge >= 0.3 is 5.97 Å². The summed E-state index contributed by atoms with van der Waals surface area (Å²) in [5, 5.41) is 9.95. The molecule has 35 heavy (non-hydrogen) atoms. The predicted octanol–water partition coefficient (Wildman–Crippen LogP) is 2.78. The Balaban J connectivity index is 1.67. The summed E-state index contributed by atoms with van der Waals surface area (Å²) in [7, 11) is 0. The molecule has 2 saturated heterocycles. The first-order valence-corrected chi connectivity index (χ1v) is 13.2. The van der Waals surface area contributed by atoms with Crippen molar-refractivity contribution in [3.05, 3.63) is 53.6 Å². The van der Waals surface area contributed by atoms with E-state index >= 15 is 0 Å². The van der Waals surface area contributed by atoms with Crippen LogP contribution in [0, 0.1) is 25.7 Å². The van der Waals surface area contributed by atoms with Crippen molar-refractivity contribution in [3.63, 3.8) is 0 Å². The molecule has 0 saturated carbocycles. The molecular formula is C27H32N2O5S. The molecule has 5 rings (SSSR count). The van der Waals surface area contributed by atoms with Gasteiger partial charge in [-0.05, 0) is 43.9 Å². The number of benzene rings is 1. The molecule has 1 N–H and O–H groups in total. The Labute approximate surface area is 210 Å². The number of nitrogens with zero attached hydrogens (tertiary/aromatic N) is 2. The Kier molecular flexibility index (Phi) is 6.30. The fraction of sp³-hybridized carbons (Fsp3) is 0.519. The maximum Gasteiger partial charge on any atom is 0.311 e. The molecule has 7 nitrogen and oxygen atoms in total. The van der Waals surface area contributed by atoms with Crippen LogP contribution in [0.2, 0.25) is 0 Å². The van der Waals surface area contributed by atoms with Gasteiger partial charge in [0.1, 0.15) is 6.04 Å². The number of ether oxygens (including phenoxy) is 1. The molecule has 1 unspecified atom stereocenters. The number of carbonyl (C=O) groups is 3. The van der Waals surface area contributed by atoms with Gasteiger partial charge in [-0.3, -0.25) is 14.4 Å². The molecule has 2 fully saturated rings. The zero-order valence-corrected chi connectivity index (χ0v) is 21.2. The lowest BCUT2D eigenvalue weighted by Gasteiger charge is -2.38. The minimum absolute atomic E-state index is 0.175. The molecule has 1 aromatic carbocycles. The topological polar surface area (TPSA) is 87.2 Å². The number of aryl methyl sites for hydroxylation is 2. The van der Waals surface area contributed by atoms with Crippen molar-refractivity contribution in [1.29, 1.82) is 0 Å². The molecule has 2 amide bonds.